The number of hydrogen-bond donors (Lipinski definition) is 3. The zero-order chi connectivity index (χ0) is 15.3. The molecule has 5 nitrogen and oxygen atoms in total. The van der Waals surface area contributed by atoms with E-state index in [0.29, 0.717) is 12.6 Å². The molecular weight excluding hydrogens is 411 g/mol. The standard InChI is InChI=1S/C15H26N4OS.HI/c1-15(20,13-7-5-9-21-13)11-18-14(16-2)17-10-12-6-4-8-19(12)3;/h5,7,9,12,20H,4,6,8,10-11H2,1-3H3,(H2,16,17,18);1H. The van der Waals surface area contributed by atoms with Crippen LogP contribution >= 0.6 is 35.3 Å². The lowest BCUT2D eigenvalue weighted by Gasteiger charge is -2.25. The van der Waals surface area contributed by atoms with E-state index in [9.17, 15) is 5.11 Å². The molecule has 3 N–H and O–H groups in total. The Labute approximate surface area is 154 Å². The Morgan fingerprint density at radius 2 is 2.32 bits per heavy atom. The second-order valence-corrected chi connectivity index (χ2v) is 6.78. The number of aliphatic hydroxyl groups is 1. The summed E-state index contributed by atoms with van der Waals surface area (Å²) in [5, 5.41) is 19.0. The van der Waals surface area contributed by atoms with E-state index in [4.69, 9.17) is 0 Å². The third-order valence-corrected chi connectivity index (χ3v) is 5.18. The van der Waals surface area contributed by atoms with Crippen molar-refractivity contribution in [2.45, 2.75) is 31.4 Å². The summed E-state index contributed by atoms with van der Waals surface area (Å²) >= 11 is 1.57. The van der Waals surface area contributed by atoms with Crippen LogP contribution in [0.2, 0.25) is 0 Å². The first-order valence-electron chi connectivity index (χ1n) is 7.44. The first-order chi connectivity index (χ1) is 10.0. The summed E-state index contributed by atoms with van der Waals surface area (Å²) in [5.41, 5.74) is -0.879. The van der Waals surface area contributed by atoms with Gasteiger partial charge in [-0.05, 0) is 44.8 Å². The molecule has 1 aliphatic heterocycles. The van der Waals surface area contributed by atoms with Crippen LogP contribution < -0.4 is 10.6 Å². The number of aliphatic imine (C=N–C) groups is 1. The van der Waals surface area contributed by atoms with Crippen LogP contribution in [0, 0.1) is 0 Å². The number of rotatable bonds is 5. The van der Waals surface area contributed by atoms with Gasteiger partial charge in [-0.1, -0.05) is 6.07 Å². The molecule has 1 aromatic heterocycles. The summed E-state index contributed by atoms with van der Waals surface area (Å²) in [5.74, 6) is 0.743. The monoisotopic (exact) mass is 438 g/mol. The molecule has 2 unspecified atom stereocenters. The van der Waals surface area contributed by atoms with Crippen LogP contribution in [0.15, 0.2) is 22.5 Å². The van der Waals surface area contributed by atoms with Gasteiger partial charge in [-0.15, -0.1) is 35.3 Å². The lowest BCUT2D eigenvalue weighted by molar-refractivity contribution is 0.0655. The van der Waals surface area contributed by atoms with Crippen molar-refractivity contribution in [1.29, 1.82) is 0 Å². The average Bonchev–Trinajstić information content (AvgIpc) is 3.11. The zero-order valence-electron chi connectivity index (χ0n) is 13.5. The number of likely N-dealkylation sites (N-methyl/N-ethyl adjacent to an activating group) is 1. The number of guanidine groups is 1. The van der Waals surface area contributed by atoms with Crippen molar-refractivity contribution in [1.82, 2.24) is 15.5 Å². The molecule has 1 aliphatic rings. The summed E-state index contributed by atoms with van der Waals surface area (Å²) in [6.45, 7) is 4.32. The second kappa shape index (κ2) is 9.05. The van der Waals surface area contributed by atoms with Gasteiger partial charge in [-0.2, -0.15) is 0 Å². The minimum absolute atomic E-state index is 0. The summed E-state index contributed by atoms with van der Waals surface area (Å²) in [4.78, 5) is 7.56. The number of thiophene rings is 1. The molecule has 126 valence electrons. The summed E-state index contributed by atoms with van der Waals surface area (Å²) in [6.07, 6.45) is 2.50. The second-order valence-electron chi connectivity index (χ2n) is 5.83. The summed E-state index contributed by atoms with van der Waals surface area (Å²) in [6, 6.07) is 4.48. The van der Waals surface area contributed by atoms with Gasteiger partial charge in [-0.3, -0.25) is 4.99 Å². The smallest absolute Gasteiger partial charge is 0.191 e. The van der Waals surface area contributed by atoms with Gasteiger partial charge >= 0.3 is 0 Å². The number of hydrogen-bond acceptors (Lipinski definition) is 4. The molecule has 2 rings (SSSR count). The van der Waals surface area contributed by atoms with E-state index in [0.717, 1.165) is 17.4 Å². The van der Waals surface area contributed by atoms with Gasteiger partial charge in [-0.25, -0.2) is 0 Å². The molecule has 0 aromatic carbocycles. The fourth-order valence-electron chi connectivity index (χ4n) is 2.60. The highest BCUT2D eigenvalue weighted by Gasteiger charge is 2.25. The molecule has 2 atom stereocenters. The number of nitrogens with zero attached hydrogens (tertiary/aromatic N) is 2. The van der Waals surface area contributed by atoms with Crippen molar-refractivity contribution in [2.75, 3.05) is 33.7 Å². The van der Waals surface area contributed by atoms with Crippen molar-refractivity contribution in [3.05, 3.63) is 22.4 Å². The van der Waals surface area contributed by atoms with Crippen LogP contribution in [0.1, 0.15) is 24.6 Å². The Morgan fingerprint density at radius 3 is 2.86 bits per heavy atom. The molecule has 0 radical (unpaired) electrons. The van der Waals surface area contributed by atoms with E-state index < -0.39 is 5.60 Å². The summed E-state index contributed by atoms with van der Waals surface area (Å²) in [7, 11) is 3.92. The maximum absolute atomic E-state index is 10.5. The highest BCUT2D eigenvalue weighted by molar-refractivity contribution is 14.0. The molecule has 0 bridgehead atoms. The van der Waals surface area contributed by atoms with Gasteiger partial charge in [0.05, 0.1) is 6.54 Å². The number of likely N-dealkylation sites (tertiary alicyclic amines) is 1. The van der Waals surface area contributed by atoms with Crippen molar-refractivity contribution < 1.29 is 5.11 Å². The third-order valence-electron chi connectivity index (χ3n) is 4.05. The predicted molar refractivity (Wildman–Crippen MR) is 104 cm³/mol. The van der Waals surface area contributed by atoms with Crippen molar-refractivity contribution >= 4 is 41.3 Å². The first-order valence-corrected chi connectivity index (χ1v) is 8.32. The van der Waals surface area contributed by atoms with E-state index in [1.165, 1.54) is 19.4 Å². The maximum Gasteiger partial charge on any atom is 0.191 e. The SMILES string of the molecule is CN=C(NCC1CCCN1C)NCC(C)(O)c1cccs1.I. The fourth-order valence-corrected chi connectivity index (χ4v) is 3.39. The van der Waals surface area contributed by atoms with Gasteiger partial charge in [0.2, 0.25) is 0 Å². The molecule has 0 amide bonds. The largest absolute Gasteiger partial charge is 0.383 e. The van der Waals surface area contributed by atoms with Crippen molar-refractivity contribution in [3.8, 4) is 0 Å². The number of halogens is 1. The van der Waals surface area contributed by atoms with Crippen LogP contribution in [0.5, 0.6) is 0 Å². The molecule has 7 heteroatoms. The topological polar surface area (TPSA) is 59.9 Å². The minimum Gasteiger partial charge on any atom is -0.383 e. The molecule has 0 saturated carbocycles. The normalized spacial score (nSPS) is 22.0. The molecule has 1 aromatic rings. The van der Waals surface area contributed by atoms with Crippen molar-refractivity contribution in [3.63, 3.8) is 0 Å². The van der Waals surface area contributed by atoms with E-state index in [-0.39, 0.29) is 24.0 Å². The van der Waals surface area contributed by atoms with E-state index in [2.05, 4.69) is 27.6 Å². The van der Waals surface area contributed by atoms with E-state index in [1.807, 2.05) is 24.4 Å². The minimum atomic E-state index is -0.879. The average molecular weight is 438 g/mol. The Hall–Kier alpha value is -0.380. The number of nitrogens with one attached hydrogen (secondary N) is 2. The van der Waals surface area contributed by atoms with Gasteiger partial charge in [0, 0.05) is 24.5 Å². The molecule has 1 fully saturated rings. The van der Waals surface area contributed by atoms with E-state index >= 15 is 0 Å². The highest BCUT2D eigenvalue weighted by atomic mass is 127. The Bertz CT molecular complexity index is 464. The zero-order valence-corrected chi connectivity index (χ0v) is 16.6. The maximum atomic E-state index is 10.5. The Balaban J connectivity index is 0.00000242. The van der Waals surface area contributed by atoms with Crippen molar-refractivity contribution in [2.24, 2.45) is 4.99 Å². The quantitative estimate of drug-likeness (QED) is 0.373. The molecule has 1 saturated heterocycles. The fraction of sp³-hybridized carbons (Fsp3) is 0.667. The highest BCUT2D eigenvalue weighted by Crippen LogP contribution is 2.24. The molecule has 22 heavy (non-hydrogen) atoms. The van der Waals surface area contributed by atoms with Crippen LogP contribution in [-0.4, -0.2) is 55.7 Å². The summed E-state index contributed by atoms with van der Waals surface area (Å²) < 4.78 is 0. The molecule has 2 heterocycles. The van der Waals surface area contributed by atoms with Crippen LogP contribution in [0.3, 0.4) is 0 Å². The Morgan fingerprint density at radius 1 is 1.55 bits per heavy atom. The van der Waals surface area contributed by atoms with Gasteiger partial charge < -0.3 is 20.6 Å². The lowest BCUT2D eigenvalue weighted by atomic mass is 10.1. The third kappa shape index (κ3) is 5.36. The van der Waals surface area contributed by atoms with Crippen LogP contribution in [-0.2, 0) is 5.60 Å². The van der Waals surface area contributed by atoms with Crippen LogP contribution in [0.4, 0.5) is 0 Å². The Kier molecular flexibility index (Phi) is 8.09. The van der Waals surface area contributed by atoms with Gasteiger partial charge in [0.1, 0.15) is 5.60 Å². The molecular formula is C15H27IN4OS. The first kappa shape index (κ1) is 19.7. The molecule has 0 aliphatic carbocycles. The van der Waals surface area contributed by atoms with Gasteiger partial charge in [0.25, 0.3) is 0 Å². The van der Waals surface area contributed by atoms with E-state index in [1.54, 1.807) is 18.4 Å². The van der Waals surface area contributed by atoms with Gasteiger partial charge in [0.15, 0.2) is 5.96 Å². The lowest BCUT2D eigenvalue weighted by Crippen LogP contribution is -2.47. The van der Waals surface area contributed by atoms with Crippen LogP contribution in [0.25, 0.3) is 0 Å². The predicted octanol–water partition coefficient (Wildman–Crippen LogP) is 1.83. The molecule has 0 spiro atoms.